The van der Waals surface area contributed by atoms with Crippen molar-refractivity contribution in [3.05, 3.63) is 40.6 Å². The quantitative estimate of drug-likeness (QED) is 0.815. The van der Waals surface area contributed by atoms with E-state index in [2.05, 4.69) is 5.32 Å². The van der Waals surface area contributed by atoms with Crippen molar-refractivity contribution in [2.45, 2.75) is 18.7 Å². The van der Waals surface area contributed by atoms with Gasteiger partial charge in [0.05, 0.1) is 16.4 Å². The zero-order valence-corrected chi connectivity index (χ0v) is 15.4. The van der Waals surface area contributed by atoms with Crippen LogP contribution in [0.25, 0.3) is 0 Å². The molecule has 0 bridgehead atoms. The van der Waals surface area contributed by atoms with Crippen molar-refractivity contribution >= 4 is 33.0 Å². The van der Waals surface area contributed by atoms with Crippen LogP contribution in [0, 0.1) is 0 Å². The van der Waals surface area contributed by atoms with Crippen LogP contribution >= 0.6 is 11.3 Å². The first kappa shape index (κ1) is 18.4. The highest BCUT2D eigenvalue weighted by molar-refractivity contribution is 7.89. The summed E-state index contributed by atoms with van der Waals surface area (Å²) >= 11 is 1.10. The van der Waals surface area contributed by atoms with Crippen molar-refractivity contribution < 1.29 is 17.9 Å². The maximum absolute atomic E-state index is 12.3. The largest absolute Gasteiger partial charge is 0.494 e. The standard InChI is InChI=1S/C16H20N2O4S2/c1-4-18(3)24(20,21)14-10-15(23-11-14)16(19)17-12-6-8-13(9-7-12)22-5-2/h6-11H,4-5H2,1-3H3,(H,17,19). The molecule has 1 aromatic heterocycles. The van der Waals surface area contributed by atoms with Crippen LogP contribution in [0.4, 0.5) is 5.69 Å². The van der Waals surface area contributed by atoms with Crippen molar-refractivity contribution in [3.63, 3.8) is 0 Å². The summed E-state index contributed by atoms with van der Waals surface area (Å²) in [6.07, 6.45) is 0. The van der Waals surface area contributed by atoms with Crippen LogP contribution in [0.1, 0.15) is 23.5 Å². The second-order valence-corrected chi connectivity index (χ2v) is 7.93. The van der Waals surface area contributed by atoms with Gasteiger partial charge < -0.3 is 10.1 Å². The zero-order chi connectivity index (χ0) is 17.7. The molecular formula is C16H20N2O4S2. The van der Waals surface area contributed by atoms with Gasteiger partial charge in [0.15, 0.2) is 0 Å². The van der Waals surface area contributed by atoms with E-state index in [4.69, 9.17) is 4.74 Å². The molecule has 2 aromatic rings. The van der Waals surface area contributed by atoms with E-state index in [0.29, 0.717) is 23.7 Å². The van der Waals surface area contributed by atoms with Gasteiger partial charge in [-0.15, -0.1) is 11.3 Å². The molecule has 0 saturated carbocycles. The number of amides is 1. The molecule has 1 aromatic carbocycles. The topological polar surface area (TPSA) is 75.7 Å². The molecule has 0 atom stereocenters. The number of anilines is 1. The van der Waals surface area contributed by atoms with Crippen LogP contribution in [-0.2, 0) is 10.0 Å². The van der Waals surface area contributed by atoms with Crippen LogP contribution in [-0.4, -0.2) is 38.8 Å². The minimum Gasteiger partial charge on any atom is -0.494 e. The molecule has 130 valence electrons. The number of nitrogens with one attached hydrogen (secondary N) is 1. The first-order chi connectivity index (χ1) is 11.4. The first-order valence-corrected chi connectivity index (χ1v) is 9.79. The van der Waals surface area contributed by atoms with E-state index >= 15 is 0 Å². The highest BCUT2D eigenvalue weighted by Gasteiger charge is 2.22. The highest BCUT2D eigenvalue weighted by Crippen LogP contribution is 2.23. The van der Waals surface area contributed by atoms with E-state index in [1.165, 1.54) is 22.8 Å². The van der Waals surface area contributed by atoms with E-state index in [0.717, 1.165) is 17.1 Å². The first-order valence-electron chi connectivity index (χ1n) is 7.47. The molecule has 2 rings (SSSR count). The van der Waals surface area contributed by atoms with Gasteiger partial charge in [-0.25, -0.2) is 12.7 Å². The fourth-order valence-corrected chi connectivity index (χ4v) is 4.25. The third kappa shape index (κ3) is 4.14. The van der Waals surface area contributed by atoms with Gasteiger partial charge in [-0.1, -0.05) is 6.92 Å². The number of hydrogen-bond acceptors (Lipinski definition) is 5. The number of benzene rings is 1. The molecule has 6 nitrogen and oxygen atoms in total. The third-order valence-corrected chi connectivity index (χ3v) is 6.36. The minimum atomic E-state index is -3.54. The number of thiophene rings is 1. The van der Waals surface area contributed by atoms with Gasteiger partial charge in [-0.3, -0.25) is 4.79 Å². The minimum absolute atomic E-state index is 0.133. The predicted molar refractivity (Wildman–Crippen MR) is 95.4 cm³/mol. The van der Waals surface area contributed by atoms with Crippen molar-refractivity contribution in [3.8, 4) is 5.75 Å². The van der Waals surface area contributed by atoms with Crippen molar-refractivity contribution in [1.82, 2.24) is 4.31 Å². The van der Waals surface area contributed by atoms with Crippen molar-refractivity contribution in [2.24, 2.45) is 0 Å². The Hall–Kier alpha value is -1.90. The summed E-state index contributed by atoms with van der Waals surface area (Å²) in [5, 5.41) is 4.22. The van der Waals surface area contributed by atoms with E-state index in [-0.39, 0.29) is 10.8 Å². The molecule has 0 saturated heterocycles. The van der Waals surface area contributed by atoms with E-state index in [9.17, 15) is 13.2 Å². The van der Waals surface area contributed by atoms with Gasteiger partial charge in [-0.2, -0.15) is 0 Å². The molecule has 1 heterocycles. The van der Waals surface area contributed by atoms with Gasteiger partial charge in [0.25, 0.3) is 5.91 Å². The van der Waals surface area contributed by atoms with Crippen LogP contribution < -0.4 is 10.1 Å². The molecule has 0 aliphatic carbocycles. The molecule has 0 fully saturated rings. The number of ether oxygens (including phenoxy) is 1. The van der Waals surface area contributed by atoms with Gasteiger partial charge in [0.1, 0.15) is 5.75 Å². The summed E-state index contributed by atoms with van der Waals surface area (Å²) in [5.74, 6) is 0.382. The molecule has 0 radical (unpaired) electrons. The Morgan fingerprint density at radius 2 is 1.92 bits per heavy atom. The Morgan fingerprint density at radius 1 is 1.25 bits per heavy atom. The normalized spacial score (nSPS) is 11.5. The second kappa shape index (κ2) is 7.78. The summed E-state index contributed by atoms with van der Waals surface area (Å²) in [6.45, 7) is 4.59. The fraction of sp³-hybridized carbons (Fsp3) is 0.312. The van der Waals surface area contributed by atoms with Crippen LogP contribution in [0.3, 0.4) is 0 Å². The summed E-state index contributed by atoms with van der Waals surface area (Å²) in [4.78, 5) is 12.7. The van der Waals surface area contributed by atoms with Crippen molar-refractivity contribution in [2.75, 3.05) is 25.5 Å². The lowest BCUT2D eigenvalue weighted by Gasteiger charge is -2.12. The summed E-state index contributed by atoms with van der Waals surface area (Å²) in [6, 6.07) is 8.40. The molecule has 0 aliphatic rings. The SMILES string of the molecule is CCOc1ccc(NC(=O)c2cc(S(=O)(=O)N(C)CC)cs2)cc1. The second-order valence-electron chi connectivity index (χ2n) is 4.98. The van der Waals surface area contributed by atoms with Gasteiger partial charge in [0, 0.05) is 24.7 Å². The molecular weight excluding hydrogens is 348 g/mol. The maximum Gasteiger partial charge on any atom is 0.265 e. The molecule has 1 amide bonds. The summed E-state index contributed by atoms with van der Waals surface area (Å²) in [7, 11) is -2.03. The fourth-order valence-electron chi connectivity index (χ4n) is 1.92. The molecule has 0 spiro atoms. The van der Waals surface area contributed by atoms with E-state index in [1.54, 1.807) is 31.2 Å². The Kier molecular flexibility index (Phi) is 5.98. The van der Waals surface area contributed by atoms with E-state index < -0.39 is 10.0 Å². The zero-order valence-electron chi connectivity index (χ0n) is 13.8. The average molecular weight is 368 g/mol. The van der Waals surface area contributed by atoms with E-state index in [1.807, 2.05) is 6.92 Å². The van der Waals surface area contributed by atoms with Gasteiger partial charge >= 0.3 is 0 Å². The van der Waals surface area contributed by atoms with Gasteiger partial charge in [-0.05, 0) is 37.3 Å². The third-order valence-electron chi connectivity index (χ3n) is 3.38. The van der Waals surface area contributed by atoms with Crippen LogP contribution in [0.2, 0.25) is 0 Å². The number of sulfonamides is 1. The highest BCUT2D eigenvalue weighted by atomic mass is 32.2. The lowest BCUT2D eigenvalue weighted by molar-refractivity contribution is 0.103. The number of carbonyl (C=O) groups excluding carboxylic acids is 1. The molecule has 0 aliphatic heterocycles. The lowest BCUT2D eigenvalue weighted by Crippen LogP contribution is -2.26. The maximum atomic E-state index is 12.3. The Bertz CT molecular complexity index is 798. The summed E-state index contributed by atoms with van der Waals surface area (Å²) in [5.41, 5.74) is 0.618. The number of rotatable bonds is 7. The number of nitrogens with zero attached hydrogens (tertiary/aromatic N) is 1. The predicted octanol–water partition coefficient (Wildman–Crippen LogP) is 3.04. The van der Waals surface area contributed by atoms with Crippen molar-refractivity contribution in [1.29, 1.82) is 0 Å². The molecule has 0 unspecified atom stereocenters. The Morgan fingerprint density at radius 3 is 2.50 bits per heavy atom. The Labute approximate surface area is 146 Å². The molecule has 1 N–H and O–H groups in total. The average Bonchev–Trinajstić information content (AvgIpc) is 3.07. The summed E-state index contributed by atoms with van der Waals surface area (Å²) < 4.78 is 31.1. The van der Waals surface area contributed by atoms with Gasteiger partial charge in [0.2, 0.25) is 10.0 Å². The number of carbonyl (C=O) groups is 1. The monoisotopic (exact) mass is 368 g/mol. The molecule has 8 heteroatoms. The smallest absolute Gasteiger partial charge is 0.265 e. The Balaban J connectivity index is 2.11. The molecule has 24 heavy (non-hydrogen) atoms. The van der Waals surface area contributed by atoms with Crippen LogP contribution in [0.5, 0.6) is 5.75 Å². The lowest BCUT2D eigenvalue weighted by atomic mass is 10.3. The van der Waals surface area contributed by atoms with Crippen LogP contribution in [0.15, 0.2) is 40.6 Å². The number of hydrogen-bond donors (Lipinski definition) is 1.